The Hall–Kier alpha value is -2.41. The Kier molecular flexibility index (Phi) is 7.99. The molecule has 7 nitrogen and oxygen atoms in total. The Balaban J connectivity index is 1.64. The summed E-state index contributed by atoms with van der Waals surface area (Å²) in [5.41, 5.74) is 1.01. The molecular weight excluding hydrogens is 442 g/mol. The first-order chi connectivity index (χ1) is 16.2. The highest BCUT2D eigenvalue weighted by molar-refractivity contribution is 5.90. The highest BCUT2D eigenvalue weighted by Crippen LogP contribution is 2.42. The highest BCUT2D eigenvalue weighted by atomic mass is 16.3. The minimum Gasteiger partial charge on any atom is -0.381 e. The number of nitrogens with zero attached hydrogens (tertiary/aromatic N) is 2. The fourth-order valence-corrected chi connectivity index (χ4v) is 5.49. The fraction of sp³-hybridized carbons (Fsp3) is 0.679. The molecule has 0 saturated carbocycles. The minimum absolute atomic E-state index is 0.0359. The quantitative estimate of drug-likeness (QED) is 0.648. The van der Waals surface area contributed by atoms with E-state index < -0.39 is 11.6 Å². The van der Waals surface area contributed by atoms with E-state index in [4.69, 9.17) is 0 Å². The van der Waals surface area contributed by atoms with Gasteiger partial charge < -0.3 is 20.2 Å². The van der Waals surface area contributed by atoms with Crippen LogP contribution in [0.15, 0.2) is 24.3 Å². The molecule has 0 aromatic heterocycles. The number of aryl methyl sites for hydroxylation is 1. The summed E-state index contributed by atoms with van der Waals surface area (Å²) in [5, 5.41) is 13.0. The van der Waals surface area contributed by atoms with E-state index in [0.29, 0.717) is 32.0 Å². The predicted molar refractivity (Wildman–Crippen MR) is 137 cm³/mol. The van der Waals surface area contributed by atoms with Gasteiger partial charge in [-0.25, -0.2) is 0 Å². The zero-order chi connectivity index (χ0) is 26.1. The van der Waals surface area contributed by atoms with Crippen molar-refractivity contribution in [3.63, 3.8) is 0 Å². The van der Waals surface area contributed by atoms with Gasteiger partial charge in [-0.2, -0.15) is 0 Å². The van der Waals surface area contributed by atoms with Crippen LogP contribution in [0, 0.1) is 24.2 Å². The first-order valence-electron chi connectivity index (χ1n) is 12.9. The summed E-state index contributed by atoms with van der Waals surface area (Å²) in [7, 11) is 0. The van der Waals surface area contributed by atoms with Crippen LogP contribution in [0.4, 0.5) is 0 Å². The van der Waals surface area contributed by atoms with Crippen LogP contribution in [0.3, 0.4) is 0 Å². The van der Waals surface area contributed by atoms with Crippen LogP contribution >= 0.6 is 0 Å². The van der Waals surface area contributed by atoms with Gasteiger partial charge >= 0.3 is 0 Å². The lowest BCUT2D eigenvalue weighted by molar-refractivity contribution is -0.147. The van der Waals surface area contributed by atoms with Gasteiger partial charge in [-0.1, -0.05) is 57.5 Å². The number of carbonyl (C=O) groups excluding carboxylic acids is 3. The van der Waals surface area contributed by atoms with Crippen molar-refractivity contribution in [1.82, 2.24) is 15.1 Å². The maximum Gasteiger partial charge on any atom is 0.253 e. The average molecular weight is 486 g/mol. The van der Waals surface area contributed by atoms with E-state index in [1.165, 1.54) is 29.9 Å². The van der Waals surface area contributed by atoms with E-state index in [9.17, 15) is 19.5 Å². The third kappa shape index (κ3) is 6.24. The van der Waals surface area contributed by atoms with Gasteiger partial charge in [-0.3, -0.25) is 14.4 Å². The summed E-state index contributed by atoms with van der Waals surface area (Å²) >= 11 is 0. The summed E-state index contributed by atoms with van der Waals surface area (Å²) < 4.78 is 0. The summed E-state index contributed by atoms with van der Waals surface area (Å²) in [5.74, 6) is -0.665. The average Bonchev–Trinajstić information content (AvgIpc) is 3.26. The van der Waals surface area contributed by atoms with E-state index in [-0.39, 0.29) is 41.5 Å². The summed E-state index contributed by atoms with van der Waals surface area (Å²) in [6.45, 7) is 15.3. The molecule has 0 radical (unpaired) electrons. The number of likely N-dealkylation sites (tertiary alicyclic amines) is 2. The number of hydrogen-bond donors (Lipinski definition) is 2. The zero-order valence-corrected chi connectivity index (χ0v) is 22.4. The van der Waals surface area contributed by atoms with E-state index >= 15 is 0 Å². The van der Waals surface area contributed by atoms with Crippen molar-refractivity contribution in [3.05, 3.63) is 35.4 Å². The summed E-state index contributed by atoms with van der Waals surface area (Å²) in [4.78, 5) is 42.5. The Morgan fingerprint density at radius 1 is 1.06 bits per heavy atom. The van der Waals surface area contributed by atoms with Crippen molar-refractivity contribution in [2.45, 2.75) is 78.9 Å². The fourth-order valence-electron chi connectivity index (χ4n) is 5.49. The van der Waals surface area contributed by atoms with E-state index in [0.717, 1.165) is 6.42 Å². The second-order valence-corrected chi connectivity index (χ2v) is 12.0. The highest BCUT2D eigenvalue weighted by Gasteiger charge is 2.42. The molecule has 3 atom stereocenters. The number of hydrogen-bond acceptors (Lipinski definition) is 4. The van der Waals surface area contributed by atoms with Crippen LogP contribution in [0.1, 0.15) is 71.4 Å². The molecule has 2 aliphatic rings. The Morgan fingerprint density at radius 3 is 2.20 bits per heavy atom. The smallest absolute Gasteiger partial charge is 0.253 e. The van der Waals surface area contributed by atoms with Crippen molar-refractivity contribution in [2.24, 2.45) is 17.3 Å². The number of piperidine rings is 1. The van der Waals surface area contributed by atoms with Crippen molar-refractivity contribution in [2.75, 3.05) is 26.2 Å². The lowest BCUT2D eigenvalue weighted by Gasteiger charge is -2.46. The van der Waals surface area contributed by atoms with E-state index in [2.05, 4.69) is 50.4 Å². The van der Waals surface area contributed by atoms with Crippen LogP contribution in [0.2, 0.25) is 0 Å². The molecule has 2 saturated heterocycles. The van der Waals surface area contributed by atoms with Gasteiger partial charge in [-0.05, 0) is 56.4 Å². The number of aliphatic hydroxyl groups is 1. The molecule has 35 heavy (non-hydrogen) atoms. The molecule has 0 aliphatic carbocycles. The lowest BCUT2D eigenvalue weighted by Crippen LogP contribution is -2.56. The minimum atomic E-state index is -1.46. The number of rotatable bonds is 6. The van der Waals surface area contributed by atoms with Crippen molar-refractivity contribution in [1.29, 1.82) is 0 Å². The monoisotopic (exact) mass is 485 g/mol. The summed E-state index contributed by atoms with van der Waals surface area (Å²) in [6.07, 6.45) is 1.42. The molecular formula is C28H43N3O4. The molecule has 3 rings (SSSR count). The standard InChI is InChI=1S/C28H43N3O4/c1-18(2)23(29-24(32)21-12-14-30(16-21)26(34)28(6,7)35)25(33)31-15-13-22(27(4,5)17-31)20-10-8-19(3)9-11-20/h8-11,18,21-23,35H,12-17H2,1-7H3,(H,29,32)/t21-,22-,23-/m1/s1. The molecule has 0 spiro atoms. The van der Waals surface area contributed by atoms with Gasteiger partial charge in [0.25, 0.3) is 5.91 Å². The second-order valence-electron chi connectivity index (χ2n) is 12.0. The van der Waals surface area contributed by atoms with Crippen LogP contribution in [-0.2, 0) is 14.4 Å². The number of benzene rings is 1. The van der Waals surface area contributed by atoms with Crippen LogP contribution < -0.4 is 5.32 Å². The van der Waals surface area contributed by atoms with Gasteiger partial charge in [0, 0.05) is 26.2 Å². The molecule has 0 unspecified atom stereocenters. The number of nitrogens with one attached hydrogen (secondary N) is 1. The van der Waals surface area contributed by atoms with Crippen LogP contribution in [0.5, 0.6) is 0 Å². The maximum atomic E-state index is 13.6. The van der Waals surface area contributed by atoms with Crippen LogP contribution in [0.25, 0.3) is 0 Å². The Labute approximate surface area is 210 Å². The predicted octanol–water partition coefficient (Wildman–Crippen LogP) is 3.10. The Bertz CT molecular complexity index is 933. The maximum absolute atomic E-state index is 13.6. The van der Waals surface area contributed by atoms with Crippen molar-refractivity contribution < 1.29 is 19.5 Å². The van der Waals surface area contributed by atoms with Crippen LogP contribution in [-0.4, -0.2) is 70.4 Å². The SMILES string of the molecule is Cc1ccc([C@H]2CCN(C(=O)[C@H](NC(=O)[C@@H]3CCN(C(=O)C(C)(C)O)C3)C(C)C)CC2(C)C)cc1. The van der Waals surface area contributed by atoms with Crippen molar-refractivity contribution in [3.8, 4) is 0 Å². The second kappa shape index (κ2) is 10.3. The lowest BCUT2D eigenvalue weighted by atomic mass is 9.70. The molecule has 2 aliphatic heterocycles. The van der Waals surface area contributed by atoms with E-state index in [1.54, 1.807) is 0 Å². The van der Waals surface area contributed by atoms with E-state index in [1.807, 2.05) is 18.7 Å². The largest absolute Gasteiger partial charge is 0.381 e. The molecule has 7 heteroatoms. The molecule has 2 fully saturated rings. The van der Waals surface area contributed by atoms with Gasteiger partial charge in [0.2, 0.25) is 11.8 Å². The molecule has 2 heterocycles. The normalized spacial score (nSPS) is 23.3. The van der Waals surface area contributed by atoms with Crippen molar-refractivity contribution >= 4 is 17.7 Å². The molecule has 0 bridgehead atoms. The molecule has 3 amide bonds. The van der Waals surface area contributed by atoms with Gasteiger partial charge in [0.15, 0.2) is 0 Å². The van der Waals surface area contributed by atoms with Gasteiger partial charge in [-0.15, -0.1) is 0 Å². The van der Waals surface area contributed by atoms with Gasteiger partial charge in [0.1, 0.15) is 11.6 Å². The third-order valence-electron chi connectivity index (χ3n) is 7.62. The zero-order valence-electron chi connectivity index (χ0n) is 22.4. The first-order valence-corrected chi connectivity index (χ1v) is 12.9. The summed E-state index contributed by atoms with van der Waals surface area (Å²) in [6, 6.07) is 8.08. The molecule has 1 aromatic rings. The molecule has 194 valence electrons. The number of carbonyl (C=O) groups is 3. The molecule has 1 aromatic carbocycles. The first kappa shape index (κ1) is 27.2. The Morgan fingerprint density at radius 2 is 1.66 bits per heavy atom. The molecule has 2 N–H and O–H groups in total. The topological polar surface area (TPSA) is 90.0 Å². The number of amides is 3. The third-order valence-corrected chi connectivity index (χ3v) is 7.62. The van der Waals surface area contributed by atoms with Gasteiger partial charge in [0.05, 0.1) is 5.92 Å².